The lowest BCUT2D eigenvalue weighted by Gasteiger charge is -2.27. The summed E-state index contributed by atoms with van der Waals surface area (Å²) in [5.74, 6) is 0.0973. The van der Waals surface area contributed by atoms with Crippen LogP contribution < -0.4 is 10.1 Å². The van der Waals surface area contributed by atoms with Crippen molar-refractivity contribution in [3.8, 4) is 5.75 Å². The fourth-order valence-corrected chi connectivity index (χ4v) is 5.24. The normalized spacial score (nSPS) is 21.4. The summed E-state index contributed by atoms with van der Waals surface area (Å²) in [6, 6.07) is 4.77. The zero-order chi connectivity index (χ0) is 19.4. The predicted molar refractivity (Wildman–Crippen MR) is 101 cm³/mol. The van der Waals surface area contributed by atoms with Gasteiger partial charge in [-0.2, -0.15) is 4.31 Å². The monoisotopic (exact) mass is 397 g/mol. The Morgan fingerprint density at radius 3 is 2.70 bits per heavy atom. The molecule has 1 aromatic carbocycles. The third-order valence-electron chi connectivity index (χ3n) is 5.08. The molecular formula is C18H27N3O5S. The number of rotatable bonds is 6. The van der Waals surface area contributed by atoms with E-state index in [1.165, 1.54) is 17.5 Å². The number of methoxy groups -OCH3 is 1. The van der Waals surface area contributed by atoms with Gasteiger partial charge >= 0.3 is 0 Å². The molecule has 3 rings (SSSR count). The SMILES string of the molecule is CNCC1CCCN1C(=O)c1ccc(OC)c(S(=O)(=O)N2CCOCC2)c1. The lowest BCUT2D eigenvalue weighted by Crippen LogP contribution is -2.41. The molecule has 27 heavy (non-hydrogen) atoms. The van der Waals surface area contributed by atoms with Crippen molar-refractivity contribution in [1.82, 2.24) is 14.5 Å². The van der Waals surface area contributed by atoms with Crippen LogP contribution in [0.25, 0.3) is 0 Å². The van der Waals surface area contributed by atoms with Gasteiger partial charge in [0.2, 0.25) is 10.0 Å². The highest BCUT2D eigenvalue weighted by molar-refractivity contribution is 7.89. The molecule has 2 aliphatic rings. The molecule has 2 aliphatic heterocycles. The highest BCUT2D eigenvalue weighted by Crippen LogP contribution is 2.30. The van der Waals surface area contributed by atoms with Gasteiger partial charge in [0, 0.05) is 37.8 Å². The minimum atomic E-state index is -3.76. The summed E-state index contributed by atoms with van der Waals surface area (Å²) in [6.07, 6.45) is 1.90. The van der Waals surface area contributed by atoms with Gasteiger partial charge in [-0.15, -0.1) is 0 Å². The van der Waals surface area contributed by atoms with Crippen LogP contribution in [0.3, 0.4) is 0 Å². The second-order valence-corrected chi connectivity index (χ2v) is 8.64. The van der Waals surface area contributed by atoms with E-state index in [2.05, 4.69) is 5.32 Å². The first-order valence-electron chi connectivity index (χ1n) is 9.20. The molecule has 2 saturated heterocycles. The fraction of sp³-hybridized carbons (Fsp3) is 0.611. The van der Waals surface area contributed by atoms with E-state index >= 15 is 0 Å². The molecule has 9 heteroatoms. The number of nitrogens with zero attached hydrogens (tertiary/aromatic N) is 2. The van der Waals surface area contributed by atoms with Crippen molar-refractivity contribution in [1.29, 1.82) is 0 Å². The first-order valence-corrected chi connectivity index (χ1v) is 10.6. The van der Waals surface area contributed by atoms with Crippen molar-refractivity contribution in [3.63, 3.8) is 0 Å². The highest BCUT2D eigenvalue weighted by Gasteiger charge is 2.32. The average Bonchev–Trinajstić information content (AvgIpc) is 3.16. The van der Waals surface area contributed by atoms with Gasteiger partial charge in [-0.25, -0.2) is 8.42 Å². The number of carbonyl (C=O) groups is 1. The molecule has 0 aromatic heterocycles. The van der Waals surface area contributed by atoms with E-state index in [-0.39, 0.29) is 22.6 Å². The number of hydrogen-bond acceptors (Lipinski definition) is 6. The molecule has 1 amide bonds. The lowest BCUT2D eigenvalue weighted by atomic mass is 10.1. The maximum Gasteiger partial charge on any atom is 0.254 e. The summed E-state index contributed by atoms with van der Waals surface area (Å²) in [4.78, 5) is 14.9. The number of morpholine rings is 1. The fourth-order valence-electron chi connectivity index (χ4n) is 3.65. The number of amides is 1. The summed E-state index contributed by atoms with van der Waals surface area (Å²) >= 11 is 0. The van der Waals surface area contributed by atoms with E-state index < -0.39 is 10.0 Å². The predicted octanol–water partition coefficient (Wildman–Crippen LogP) is 0.540. The average molecular weight is 397 g/mol. The number of likely N-dealkylation sites (tertiary alicyclic amines) is 1. The summed E-state index contributed by atoms with van der Waals surface area (Å²) in [5, 5.41) is 3.11. The van der Waals surface area contributed by atoms with Gasteiger partial charge < -0.3 is 19.7 Å². The van der Waals surface area contributed by atoms with Crippen LogP contribution in [0, 0.1) is 0 Å². The van der Waals surface area contributed by atoms with Gasteiger partial charge in [0.05, 0.1) is 20.3 Å². The molecule has 1 aromatic rings. The molecule has 1 unspecified atom stereocenters. The first kappa shape index (κ1) is 20.1. The number of nitrogens with one attached hydrogen (secondary N) is 1. The molecule has 8 nitrogen and oxygen atoms in total. The number of hydrogen-bond donors (Lipinski definition) is 1. The van der Waals surface area contributed by atoms with Crippen LogP contribution in [0.15, 0.2) is 23.1 Å². The lowest BCUT2D eigenvalue weighted by molar-refractivity contribution is 0.0727. The van der Waals surface area contributed by atoms with Crippen molar-refractivity contribution in [2.75, 3.05) is 53.6 Å². The van der Waals surface area contributed by atoms with E-state index in [9.17, 15) is 13.2 Å². The zero-order valence-corrected chi connectivity index (χ0v) is 16.6. The summed E-state index contributed by atoms with van der Waals surface area (Å²) in [7, 11) is -0.471. The Morgan fingerprint density at radius 1 is 1.30 bits per heavy atom. The number of sulfonamides is 1. The van der Waals surface area contributed by atoms with Gasteiger partial charge in [-0.3, -0.25) is 4.79 Å². The molecule has 1 atom stereocenters. The second-order valence-electron chi connectivity index (χ2n) is 6.73. The van der Waals surface area contributed by atoms with E-state index in [0.717, 1.165) is 19.4 Å². The topological polar surface area (TPSA) is 88.2 Å². The van der Waals surface area contributed by atoms with Crippen LogP contribution in [0.2, 0.25) is 0 Å². The minimum Gasteiger partial charge on any atom is -0.495 e. The molecule has 2 fully saturated rings. The molecule has 0 radical (unpaired) electrons. The Bertz CT molecular complexity index is 777. The van der Waals surface area contributed by atoms with E-state index in [1.54, 1.807) is 12.1 Å². The van der Waals surface area contributed by atoms with Crippen molar-refractivity contribution in [2.45, 2.75) is 23.8 Å². The molecular weight excluding hydrogens is 370 g/mol. The smallest absolute Gasteiger partial charge is 0.254 e. The number of benzene rings is 1. The van der Waals surface area contributed by atoms with Crippen LogP contribution in [-0.2, 0) is 14.8 Å². The van der Waals surface area contributed by atoms with Crippen molar-refractivity contribution in [3.05, 3.63) is 23.8 Å². The standard InChI is InChI=1S/C18H27N3O5S/c1-19-13-15-4-3-7-21(15)18(22)14-5-6-16(25-2)17(12-14)27(23,24)20-8-10-26-11-9-20/h5-6,12,15,19H,3-4,7-11,13H2,1-2H3. The van der Waals surface area contributed by atoms with Gasteiger partial charge in [0.25, 0.3) is 5.91 Å². The highest BCUT2D eigenvalue weighted by atomic mass is 32.2. The van der Waals surface area contributed by atoms with E-state index in [0.29, 0.717) is 38.4 Å². The molecule has 150 valence electrons. The van der Waals surface area contributed by atoms with Crippen LogP contribution in [0.5, 0.6) is 5.75 Å². The molecule has 1 N–H and O–H groups in total. The number of ether oxygens (including phenoxy) is 2. The third-order valence-corrected chi connectivity index (χ3v) is 7.00. The number of carbonyl (C=O) groups excluding carboxylic acids is 1. The Hall–Kier alpha value is -1.68. The summed E-state index contributed by atoms with van der Waals surface area (Å²) in [6.45, 7) is 2.71. The maximum atomic E-state index is 13.1. The summed E-state index contributed by atoms with van der Waals surface area (Å²) < 4.78 is 38.1. The van der Waals surface area contributed by atoms with Gasteiger partial charge in [0.15, 0.2) is 0 Å². The van der Waals surface area contributed by atoms with Crippen LogP contribution >= 0.6 is 0 Å². The Morgan fingerprint density at radius 2 is 2.04 bits per heavy atom. The molecule has 2 heterocycles. The summed E-state index contributed by atoms with van der Waals surface area (Å²) in [5.41, 5.74) is 0.366. The van der Waals surface area contributed by atoms with Crippen molar-refractivity contribution < 1.29 is 22.7 Å². The van der Waals surface area contributed by atoms with Gasteiger partial charge in [0.1, 0.15) is 10.6 Å². The van der Waals surface area contributed by atoms with Crippen LogP contribution in [0.4, 0.5) is 0 Å². The van der Waals surface area contributed by atoms with Crippen LogP contribution in [-0.4, -0.2) is 83.1 Å². The largest absolute Gasteiger partial charge is 0.495 e. The van der Waals surface area contributed by atoms with Crippen molar-refractivity contribution >= 4 is 15.9 Å². The number of likely N-dealkylation sites (N-methyl/N-ethyl adjacent to an activating group) is 1. The molecule has 0 bridgehead atoms. The maximum absolute atomic E-state index is 13.1. The van der Waals surface area contributed by atoms with Crippen LogP contribution in [0.1, 0.15) is 23.2 Å². The molecule has 0 saturated carbocycles. The Labute approximate surface area is 160 Å². The van der Waals surface area contributed by atoms with Crippen molar-refractivity contribution in [2.24, 2.45) is 0 Å². The molecule has 0 spiro atoms. The van der Waals surface area contributed by atoms with E-state index in [4.69, 9.17) is 9.47 Å². The Kier molecular flexibility index (Phi) is 6.36. The first-order chi connectivity index (χ1) is 13.0. The minimum absolute atomic E-state index is 0.0297. The zero-order valence-electron chi connectivity index (χ0n) is 15.8. The van der Waals surface area contributed by atoms with E-state index in [1.807, 2.05) is 11.9 Å². The van der Waals surface area contributed by atoms with Gasteiger partial charge in [-0.1, -0.05) is 0 Å². The third kappa shape index (κ3) is 4.11. The molecule has 0 aliphatic carbocycles. The van der Waals surface area contributed by atoms with Gasteiger partial charge in [-0.05, 0) is 38.1 Å². The quantitative estimate of drug-likeness (QED) is 0.754. The second kappa shape index (κ2) is 8.55. The Balaban J connectivity index is 1.92.